The summed E-state index contributed by atoms with van der Waals surface area (Å²) < 4.78 is 59.0. The summed E-state index contributed by atoms with van der Waals surface area (Å²) in [5.41, 5.74) is 6.94. The van der Waals surface area contributed by atoms with Gasteiger partial charge in [0.2, 0.25) is 0 Å². The number of ether oxygens (including phenoxy) is 11. The van der Waals surface area contributed by atoms with Crippen LogP contribution < -0.4 is 14.2 Å². The second-order valence-corrected chi connectivity index (χ2v) is 32.2. The van der Waals surface area contributed by atoms with Gasteiger partial charge in [0.15, 0.2) is 19.8 Å². The SMILES string of the molecule is CCCCC[C@H](O)CC[C@@H]1[C@H]2Cc3cccc(OCC(=O)OC(C)COCCC(=O)O)c3C[C@H]2C[C@H]1O.CCCCC[C@H](O)CC[C@@H]1[C@H]2Cc3cccc(OCC(=O)OC(C)COCCOCC(=O)O)c3C[C@H]2C[C@H]1O.CCCCC[C@H](O)CC[C@@H]1[C@H]2Cc3cccc(OCC(=O)OCCOCCOCC(=O)O)c3C[C@H]2C[C@H]1O. The number of fused-ring (bicyclic) bond motifs is 6. The summed E-state index contributed by atoms with van der Waals surface area (Å²) in [6.45, 7) is 9.88. The first kappa shape index (κ1) is 94.6. The van der Waals surface area contributed by atoms with Crippen LogP contribution in [0.4, 0.5) is 0 Å². The van der Waals surface area contributed by atoms with Crippen molar-refractivity contribution < 1.29 is 127 Å². The molecular formula is C88H134O26. The number of unbranched alkanes of at least 4 members (excludes halogenated alkanes) is 6. The Morgan fingerprint density at radius 2 is 0.719 bits per heavy atom. The van der Waals surface area contributed by atoms with Crippen LogP contribution in [0.1, 0.15) is 209 Å². The minimum Gasteiger partial charge on any atom is -0.482 e. The number of hydrogen-bond acceptors (Lipinski definition) is 23. The third-order valence-electron chi connectivity index (χ3n) is 23.5. The average molecular weight is 1610 g/mol. The molecule has 0 heterocycles. The molecule has 9 rings (SSSR count). The summed E-state index contributed by atoms with van der Waals surface area (Å²) in [7, 11) is 0. The van der Waals surface area contributed by atoms with Gasteiger partial charge < -0.3 is 98.1 Å². The fraction of sp³-hybridized carbons (Fsp3) is 0.727. The predicted octanol–water partition coefficient (Wildman–Crippen LogP) is 10.6. The van der Waals surface area contributed by atoms with Gasteiger partial charge in [-0.15, -0.1) is 0 Å². The number of aliphatic hydroxyl groups excluding tert-OH is 6. The van der Waals surface area contributed by atoms with Crippen LogP contribution in [0, 0.1) is 53.3 Å². The number of carbonyl (C=O) groups is 6. The Kier molecular flexibility index (Phi) is 42.8. The van der Waals surface area contributed by atoms with Gasteiger partial charge in [-0.2, -0.15) is 0 Å². The van der Waals surface area contributed by atoms with Gasteiger partial charge in [0.05, 0.1) is 95.9 Å². The van der Waals surface area contributed by atoms with E-state index in [1.165, 1.54) is 16.7 Å². The molecule has 2 unspecified atom stereocenters. The van der Waals surface area contributed by atoms with Crippen LogP contribution >= 0.6 is 0 Å². The lowest BCUT2D eigenvalue weighted by Gasteiger charge is -2.32. The highest BCUT2D eigenvalue weighted by Gasteiger charge is 2.48. The molecule has 6 aliphatic carbocycles. The van der Waals surface area contributed by atoms with Crippen molar-refractivity contribution in [3.63, 3.8) is 0 Å². The van der Waals surface area contributed by atoms with Crippen LogP contribution in [0.3, 0.4) is 0 Å². The lowest BCUT2D eigenvalue weighted by atomic mass is 9.73. The molecule has 6 aliphatic rings. The smallest absolute Gasteiger partial charge is 0.344 e. The summed E-state index contributed by atoms with van der Waals surface area (Å²) in [4.78, 5) is 68.0. The lowest BCUT2D eigenvalue weighted by Crippen LogP contribution is -2.28. The van der Waals surface area contributed by atoms with Crippen LogP contribution in [0.5, 0.6) is 17.2 Å². The van der Waals surface area contributed by atoms with E-state index in [0.29, 0.717) is 52.8 Å². The molecule has 26 nitrogen and oxygen atoms in total. The fourth-order valence-corrected chi connectivity index (χ4v) is 17.9. The number of carboxylic acids is 3. The standard InChI is InChI=1S/C30H46O9.C29H44O9.C29H44O8/c1-3-4-5-8-23(31)10-11-24-25-14-21-7-6-9-28(26(21)15-22(25)16-27(24)32)38-19-30(35)39-20(2)17-36-12-13-37-18-29(33)34;1-2-3-4-7-22(30)9-10-23-24-15-20-6-5-8-27(25(20)16-21(24)17-26(23)31)38-19-29(34)37-14-13-35-11-12-36-18-28(32)33;1-3-4-5-8-22(30)10-11-23-24-14-20-7-6-9-27(25(20)15-21(24)16-26(23)31)36-18-29(34)37-19(2)17-35-13-12-28(32)33/h6-7,9,20,22-25,27,31-32H,3-5,8,10-19H2,1-2H3,(H,33,34);5-6,8,21-24,26,30-31H,2-4,7,9-19H2,1H3,(H,32,33);6-7,9,19,21-24,26,30-31H,3-5,8,10-18H2,1-2H3,(H,32,33)/t20?,22-,23-,24+,25-,27+;21-,22-,23+,24-,26+;19?,21-,22-,23+,24-,26+/m000/s1. The largest absolute Gasteiger partial charge is 0.482 e. The van der Waals surface area contributed by atoms with E-state index in [2.05, 4.69) is 39.0 Å². The first-order valence-corrected chi connectivity index (χ1v) is 42.3. The van der Waals surface area contributed by atoms with E-state index in [-0.39, 0.29) is 153 Å². The number of rotatable bonds is 52. The minimum atomic E-state index is -1.04. The summed E-state index contributed by atoms with van der Waals surface area (Å²) in [5, 5.41) is 89.4. The summed E-state index contributed by atoms with van der Waals surface area (Å²) in [6, 6.07) is 17.8. The first-order chi connectivity index (χ1) is 54.9. The van der Waals surface area contributed by atoms with Crippen molar-refractivity contribution in [3.05, 3.63) is 88.0 Å². The average Bonchev–Trinajstić information content (AvgIpc) is 1.62. The van der Waals surface area contributed by atoms with Crippen LogP contribution in [0.15, 0.2) is 54.6 Å². The Morgan fingerprint density at radius 1 is 0.386 bits per heavy atom. The number of esters is 3. The van der Waals surface area contributed by atoms with Crippen molar-refractivity contribution in [1.82, 2.24) is 0 Å². The minimum absolute atomic E-state index is 0.0706. The Balaban J connectivity index is 0.000000237. The summed E-state index contributed by atoms with van der Waals surface area (Å²) in [6.07, 6.45) is 21.8. The van der Waals surface area contributed by atoms with E-state index < -0.39 is 48.0 Å². The van der Waals surface area contributed by atoms with Gasteiger partial charge in [-0.25, -0.2) is 24.0 Å². The molecule has 0 aromatic heterocycles. The normalized spacial score (nSPS) is 23.5. The van der Waals surface area contributed by atoms with Crippen molar-refractivity contribution in [2.24, 2.45) is 53.3 Å². The Bertz CT molecular complexity index is 3330. The summed E-state index contributed by atoms with van der Waals surface area (Å²) >= 11 is 0. The van der Waals surface area contributed by atoms with Crippen molar-refractivity contribution in [1.29, 1.82) is 0 Å². The maximum Gasteiger partial charge on any atom is 0.344 e. The van der Waals surface area contributed by atoms with Crippen LogP contribution in [-0.4, -0.2) is 223 Å². The molecule has 3 aromatic rings. The van der Waals surface area contributed by atoms with Gasteiger partial charge in [0.25, 0.3) is 0 Å². The molecule has 3 fully saturated rings. The topological polar surface area (TPSA) is 386 Å². The quantitative estimate of drug-likeness (QED) is 0.0144. The molecule has 0 saturated heterocycles. The molecule has 3 aromatic carbocycles. The van der Waals surface area contributed by atoms with E-state index in [1.807, 2.05) is 36.4 Å². The highest BCUT2D eigenvalue weighted by Crippen LogP contribution is 2.52. The zero-order valence-corrected chi connectivity index (χ0v) is 68.2. The van der Waals surface area contributed by atoms with E-state index in [0.717, 1.165) is 190 Å². The Labute approximate surface area is 673 Å². The molecule has 26 heteroatoms. The second-order valence-electron chi connectivity index (χ2n) is 32.2. The summed E-state index contributed by atoms with van der Waals surface area (Å²) in [5.74, 6) is 0.470. The first-order valence-electron chi connectivity index (χ1n) is 42.3. The van der Waals surface area contributed by atoms with Crippen molar-refractivity contribution >= 4 is 35.8 Å². The predicted molar refractivity (Wildman–Crippen MR) is 423 cm³/mol. The van der Waals surface area contributed by atoms with Crippen molar-refractivity contribution in [2.45, 2.75) is 263 Å². The lowest BCUT2D eigenvalue weighted by molar-refractivity contribution is -0.154. The Morgan fingerprint density at radius 3 is 1.07 bits per heavy atom. The van der Waals surface area contributed by atoms with E-state index in [4.69, 9.17) is 67.4 Å². The molecular weight excluding hydrogens is 1470 g/mol. The van der Waals surface area contributed by atoms with Gasteiger partial charge in [0.1, 0.15) is 49.3 Å². The van der Waals surface area contributed by atoms with Gasteiger partial charge in [-0.3, -0.25) is 4.79 Å². The number of aliphatic hydroxyl groups is 6. The van der Waals surface area contributed by atoms with E-state index in [9.17, 15) is 59.4 Å². The molecule has 114 heavy (non-hydrogen) atoms. The molecule has 0 spiro atoms. The van der Waals surface area contributed by atoms with Crippen LogP contribution in [-0.2, 0) is 105 Å². The van der Waals surface area contributed by atoms with Gasteiger partial charge in [-0.05, 0) is 234 Å². The molecule has 0 radical (unpaired) electrons. The third-order valence-corrected chi connectivity index (χ3v) is 23.5. The van der Waals surface area contributed by atoms with Crippen LogP contribution in [0.25, 0.3) is 0 Å². The zero-order chi connectivity index (χ0) is 82.3. The number of aliphatic carboxylic acids is 3. The number of hydrogen-bond donors (Lipinski definition) is 9. The molecule has 0 bridgehead atoms. The van der Waals surface area contributed by atoms with Gasteiger partial charge in [0, 0.05) is 0 Å². The number of benzene rings is 3. The van der Waals surface area contributed by atoms with E-state index in [1.54, 1.807) is 13.8 Å². The number of carboxylic acid groups (broad SMARTS) is 3. The third kappa shape index (κ3) is 32.7. The second kappa shape index (κ2) is 51.6. The molecule has 9 N–H and O–H groups in total. The molecule has 3 saturated carbocycles. The van der Waals surface area contributed by atoms with Gasteiger partial charge >= 0.3 is 35.8 Å². The zero-order valence-electron chi connectivity index (χ0n) is 68.2. The Hall–Kier alpha value is -6.56. The van der Waals surface area contributed by atoms with E-state index >= 15 is 0 Å². The maximum atomic E-state index is 12.3. The van der Waals surface area contributed by atoms with Crippen molar-refractivity contribution in [3.8, 4) is 17.2 Å². The maximum absolute atomic E-state index is 12.3. The number of carbonyl (C=O) groups excluding carboxylic acids is 3. The molecule has 0 aliphatic heterocycles. The van der Waals surface area contributed by atoms with Gasteiger partial charge in [-0.1, -0.05) is 115 Å². The monoisotopic (exact) mass is 1610 g/mol. The van der Waals surface area contributed by atoms with Crippen molar-refractivity contribution in [2.75, 3.05) is 92.5 Å². The fourth-order valence-electron chi connectivity index (χ4n) is 17.9. The molecule has 0 amide bonds. The molecule has 642 valence electrons. The highest BCUT2D eigenvalue weighted by molar-refractivity contribution is 5.72. The van der Waals surface area contributed by atoms with Crippen LogP contribution in [0.2, 0.25) is 0 Å². The highest BCUT2D eigenvalue weighted by atomic mass is 16.6. The molecule has 17 atom stereocenters.